The first kappa shape index (κ1) is 25.0. The molecular formula is C24H26ClN5O4S. The van der Waals surface area contributed by atoms with E-state index in [1.54, 1.807) is 30.8 Å². The number of benzene rings is 2. The summed E-state index contributed by atoms with van der Waals surface area (Å²) >= 11 is 7.42. The van der Waals surface area contributed by atoms with Crippen LogP contribution < -0.4 is 5.48 Å². The Balaban J connectivity index is 1.38. The lowest BCUT2D eigenvalue weighted by molar-refractivity contribution is -0.138. The molecule has 0 radical (unpaired) electrons. The van der Waals surface area contributed by atoms with Crippen LogP contribution in [0.25, 0.3) is 11.1 Å². The standard InChI is InChI=1S/C24H26ClN5O4S/c1-28-14-26-21-20(28)23(32)30(24(33)29(21)2)12-11-17(22(31)27-34)13-35-19-9-5-16(6-10-19)15-3-7-18(25)8-4-15/h3-10,14,17,20-21,34H,11-13H2,1-2H3,(H,27,31). The van der Waals surface area contributed by atoms with E-state index in [4.69, 9.17) is 11.6 Å². The molecule has 4 amide bonds. The molecule has 0 bridgehead atoms. The van der Waals surface area contributed by atoms with Crippen molar-refractivity contribution in [1.82, 2.24) is 20.2 Å². The number of thioether (sulfide) groups is 1. The molecule has 2 heterocycles. The van der Waals surface area contributed by atoms with Gasteiger partial charge in [0.2, 0.25) is 5.91 Å². The summed E-state index contributed by atoms with van der Waals surface area (Å²) in [6, 6.07) is 14.5. The number of carbonyl (C=O) groups is 3. The maximum Gasteiger partial charge on any atom is 0.328 e. The van der Waals surface area contributed by atoms with Gasteiger partial charge in [0.25, 0.3) is 5.91 Å². The molecule has 2 aromatic carbocycles. The number of hydroxylamine groups is 1. The van der Waals surface area contributed by atoms with Gasteiger partial charge in [-0.15, -0.1) is 11.8 Å². The van der Waals surface area contributed by atoms with Crippen LogP contribution in [0.2, 0.25) is 5.02 Å². The van der Waals surface area contributed by atoms with Gasteiger partial charge in [-0.3, -0.25) is 19.7 Å². The maximum absolute atomic E-state index is 13.0. The summed E-state index contributed by atoms with van der Waals surface area (Å²) in [4.78, 5) is 47.5. The molecule has 3 unspecified atom stereocenters. The first-order chi connectivity index (χ1) is 16.8. The van der Waals surface area contributed by atoms with Crippen LogP contribution in [0.1, 0.15) is 6.42 Å². The van der Waals surface area contributed by atoms with E-state index >= 15 is 0 Å². The highest BCUT2D eigenvalue weighted by Gasteiger charge is 2.48. The largest absolute Gasteiger partial charge is 0.351 e. The van der Waals surface area contributed by atoms with Crippen molar-refractivity contribution in [3.05, 3.63) is 53.6 Å². The van der Waals surface area contributed by atoms with Gasteiger partial charge in [0.1, 0.15) is 0 Å². The highest BCUT2D eigenvalue weighted by molar-refractivity contribution is 7.99. The van der Waals surface area contributed by atoms with Gasteiger partial charge < -0.3 is 9.80 Å². The number of rotatable bonds is 8. The molecule has 0 spiro atoms. The number of aliphatic imine (C=N–C) groups is 1. The topological polar surface area (TPSA) is 106 Å². The van der Waals surface area contributed by atoms with E-state index in [9.17, 15) is 19.6 Å². The molecule has 0 aliphatic carbocycles. The van der Waals surface area contributed by atoms with Crippen molar-refractivity contribution in [3.8, 4) is 11.1 Å². The zero-order chi connectivity index (χ0) is 25.1. The Morgan fingerprint density at radius 2 is 1.74 bits per heavy atom. The van der Waals surface area contributed by atoms with Crippen LogP contribution in [0.3, 0.4) is 0 Å². The monoisotopic (exact) mass is 515 g/mol. The van der Waals surface area contributed by atoms with E-state index in [0.717, 1.165) is 20.9 Å². The van der Waals surface area contributed by atoms with Crippen LogP contribution >= 0.6 is 23.4 Å². The molecule has 4 rings (SSSR count). The first-order valence-corrected chi connectivity index (χ1v) is 12.4. The molecule has 2 aliphatic heterocycles. The lowest BCUT2D eigenvalue weighted by atomic mass is 10.1. The number of imide groups is 1. The van der Waals surface area contributed by atoms with E-state index in [1.165, 1.54) is 16.7 Å². The van der Waals surface area contributed by atoms with Gasteiger partial charge in [-0.1, -0.05) is 35.9 Å². The quantitative estimate of drug-likeness (QED) is 0.318. The van der Waals surface area contributed by atoms with Crippen LogP contribution in [0.15, 0.2) is 58.4 Å². The summed E-state index contributed by atoms with van der Waals surface area (Å²) in [5, 5.41) is 9.91. The summed E-state index contributed by atoms with van der Waals surface area (Å²) in [6.07, 6.45) is 1.23. The maximum atomic E-state index is 13.0. The van der Waals surface area contributed by atoms with Gasteiger partial charge in [0.05, 0.1) is 12.3 Å². The predicted octanol–water partition coefficient (Wildman–Crippen LogP) is 3.17. The van der Waals surface area contributed by atoms with Crippen molar-refractivity contribution >= 4 is 47.5 Å². The summed E-state index contributed by atoms with van der Waals surface area (Å²) in [5.74, 6) is -1.14. The molecule has 0 saturated carbocycles. The number of hydrogen-bond donors (Lipinski definition) is 2. The minimum atomic E-state index is -0.609. The number of urea groups is 1. The zero-order valence-electron chi connectivity index (χ0n) is 19.3. The number of carbonyl (C=O) groups excluding carboxylic acids is 3. The van der Waals surface area contributed by atoms with Gasteiger partial charge in [-0.2, -0.15) is 0 Å². The summed E-state index contributed by atoms with van der Waals surface area (Å²) < 4.78 is 0. The van der Waals surface area contributed by atoms with Crippen LogP contribution in [0.5, 0.6) is 0 Å². The van der Waals surface area contributed by atoms with Crippen molar-refractivity contribution in [2.45, 2.75) is 23.5 Å². The number of halogens is 1. The third-order valence-corrected chi connectivity index (χ3v) is 7.66. The Labute approximate surface area is 212 Å². The Kier molecular flexibility index (Phi) is 7.63. The lowest BCUT2D eigenvalue weighted by Gasteiger charge is -2.40. The third kappa shape index (κ3) is 5.29. The highest BCUT2D eigenvalue weighted by atomic mass is 35.5. The molecule has 2 N–H and O–H groups in total. The Hall–Kier alpha value is -3.08. The molecule has 184 valence electrons. The average Bonchev–Trinajstić information content (AvgIpc) is 3.26. The Morgan fingerprint density at radius 3 is 2.37 bits per heavy atom. The number of nitrogens with zero attached hydrogens (tertiary/aromatic N) is 4. The van der Waals surface area contributed by atoms with Gasteiger partial charge in [-0.05, 0) is 41.8 Å². The SMILES string of the molecule is CN1C=NC2C1C(=O)N(CCC(CSc1ccc(-c3ccc(Cl)cc3)cc1)C(=O)NO)C(=O)N2C. The molecule has 1 saturated heterocycles. The number of nitrogens with one attached hydrogen (secondary N) is 1. The third-order valence-electron chi connectivity index (χ3n) is 6.24. The normalized spacial score (nSPS) is 20.3. The number of amides is 4. The fourth-order valence-electron chi connectivity index (χ4n) is 4.16. The van der Waals surface area contributed by atoms with Crippen LogP contribution in [0, 0.1) is 5.92 Å². The summed E-state index contributed by atoms with van der Waals surface area (Å²) in [6.45, 7) is 0.0627. The van der Waals surface area contributed by atoms with Gasteiger partial charge in [-0.25, -0.2) is 15.3 Å². The molecule has 35 heavy (non-hydrogen) atoms. The van der Waals surface area contributed by atoms with Crippen molar-refractivity contribution in [2.24, 2.45) is 10.9 Å². The predicted molar refractivity (Wildman–Crippen MR) is 134 cm³/mol. The van der Waals surface area contributed by atoms with Crippen molar-refractivity contribution in [2.75, 3.05) is 26.4 Å². The minimum Gasteiger partial charge on any atom is -0.351 e. The van der Waals surface area contributed by atoms with E-state index in [2.05, 4.69) is 4.99 Å². The molecule has 3 atom stereocenters. The van der Waals surface area contributed by atoms with Gasteiger partial charge in [0, 0.05) is 36.3 Å². The second-order valence-electron chi connectivity index (χ2n) is 8.48. The van der Waals surface area contributed by atoms with Gasteiger partial charge >= 0.3 is 6.03 Å². The van der Waals surface area contributed by atoms with E-state index < -0.39 is 30.1 Å². The minimum absolute atomic E-state index is 0.0627. The lowest BCUT2D eigenvalue weighted by Crippen LogP contribution is -2.64. The summed E-state index contributed by atoms with van der Waals surface area (Å²) in [5.41, 5.74) is 3.80. The Bertz CT molecular complexity index is 1130. The molecule has 0 aromatic heterocycles. The van der Waals surface area contributed by atoms with Crippen molar-refractivity contribution < 1.29 is 19.6 Å². The van der Waals surface area contributed by atoms with Crippen molar-refractivity contribution in [3.63, 3.8) is 0 Å². The average molecular weight is 516 g/mol. The first-order valence-electron chi connectivity index (χ1n) is 11.1. The number of likely N-dealkylation sites (N-methyl/N-ethyl adjacent to an activating group) is 2. The van der Waals surface area contributed by atoms with E-state index in [-0.39, 0.29) is 18.9 Å². The molecule has 9 nitrogen and oxygen atoms in total. The molecular weight excluding hydrogens is 490 g/mol. The van der Waals surface area contributed by atoms with E-state index in [0.29, 0.717) is 10.8 Å². The van der Waals surface area contributed by atoms with Gasteiger partial charge in [0.15, 0.2) is 12.2 Å². The second kappa shape index (κ2) is 10.7. The van der Waals surface area contributed by atoms with Crippen LogP contribution in [-0.4, -0.2) is 82.7 Å². The smallest absolute Gasteiger partial charge is 0.328 e. The fourth-order valence-corrected chi connectivity index (χ4v) is 5.33. The van der Waals surface area contributed by atoms with Crippen LogP contribution in [0.4, 0.5) is 4.79 Å². The fraction of sp³-hybridized carbons (Fsp3) is 0.333. The second-order valence-corrected chi connectivity index (χ2v) is 10.0. The molecule has 2 aliphatic rings. The van der Waals surface area contributed by atoms with Crippen molar-refractivity contribution in [1.29, 1.82) is 0 Å². The number of fused-ring (bicyclic) bond motifs is 1. The highest BCUT2D eigenvalue weighted by Crippen LogP contribution is 2.28. The molecule has 2 aromatic rings. The van der Waals surface area contributed by atoms with E-state index in [1.807, 2.05) is 48.5 Å². The zero-order valence-corrected chi connectivity index (χ0v) is 20.9. The molecule has 1 fully saturated rings. The Morgan fingerprint density at radius 1 is 1.11 bits per heavy atom. The summed E-state index contributed by atoms with van der Waals surface area (Å²) in [7, 11) is 3.35. The number of hydrogen-bond acceptors (Lipinski definition) is 7. The molecule has 11 heteroatoms. The van der Waals surface area contributed by atoms with Crippen LogP contribution in [-0.2, 0) is 9.59 Å².